The highest BCUT2D eigenvalue weighted by Crippen LogP contribution is 2.25. The summed E-state index contributed by atoms with van der Waals surface area (Å²) in [5.41, 5.74) is 0.370. The largest absolute Gasteiger partial charge is 0.433 e. The Kier molecular flexibility index (Phi) is 5.11. The minimum absolute atomic E-state index is 0.0253. The molecule has 0 radical (unpaired) electrons. The Morgan fingerprint density at radius 2 is 2.05 bits per heavy atom. The number of hydrogen-bond donors (Lipinski definition) is 1. The zero-order valence-corrected chi connectivity index (χ0v) is 10.9. The minimum atomic E-state index is -2.90. The van der Waals surface area contributed by atoms with Gasteiger partial charge in [0, 0.05) is 13.1 Å². The van der Waals surface area contributed by atoms with E-state index >= 15 is 0 Å². The molecule has 1 aromatic carbocycles. The number of anilines is 1. The van der Waals surface area contributed by atoms with E-state index in [9.17, 15) is 13.6 Å². The van der Waals surface area contributed by atoms with E-state index in [1.165, 1.54) is 6.07 Å². The number of benzene rings is 1. The Labute approximate surface area is 115 Å². The van der Waals surface area contributed by atoms with Crippen molar-refractivity contribution in [3.8, 4) is 5.75 Å². The molecule has 0 aromatic heterocycles. The summed E-state index contributed by atoms with van der Waals surface area (Å²) in [4.78, 5) is 13.6. The third-order valence-electron chi connectivity index (χ3n) is 2.90. The van der Waals surface area contributed by atoms with Crippen LogP contribution in [0.3, 0.4) is 0 Å². The third-order valence-corrected chi connectivity index (χ3v) is 2.90. The van der Waals surface area contributed by atoms with Crippen LogP contribution in [0.5, 0.6) is 5.75 Å². The third kappa shape index (κ3) is 4.06. The molecule has 0 aliphatic carbocycles. The van der Waals surface area contributed by atoms with Crippen LogP contribution in [0.15, 0.2) is 24.3 Å². The van der Waals surface area contributed by atoms with Crippen LogP contribution in [-0.4, -0.2) is 50.3 Å². The number of halogens is 2. The lowest BCUT2D eigenvalue weighted by Gasteiger charge is -2.27. The fraction of sp³-hybridized carbons (Fsp3) is 0.462. The van der Waals surface area contributed by atoms with E-state index in [2.05, 4.69) is 10.1 Å². The van der Waals surface area contributed by atoms with Gasteiger partial charge in [-0.2, -0.15) is 8.78 Å². The lowest BCUT2D eigenvalue weighted by atomic mass is 10.3. The summed E-state index contributed by atoms with van der Waals surface area (Å²) < 4.78 is 34.0. The summed E-state index contributed by atoms with van der Waals surface area (Å²) >= 11 is 0. The van der Waals surface area contributed by atoms with E-state index in [4.69, 9.17) is 4.74 Å². The predicted octanol–water partition coefficient (Wildman–Crippen LogP) is 1.56. The van der Waals surface area contributed by atoms with Gasteiger partial charge in [0.2, 0.25) is 5.91 Å². The molecule has 7 heteroatoms. The van der Waals surface area contributed by atoms with E-state index in [0.29, 0.717) is 32.0 Å². The van der Waals surface area contributed by atoms with Crippen LogP contribution < -0.4 is 10.1 Å². The van der Waals surface area contributed by atoms with Crippen LogP contribution >= 0.6 is 0 Å². The Morgan fingerprint density at radius 1 is 1.35 bits per heavy atom. The Morgan fingerprint density at radius 3 is 2.75 bits per heavy atom. The van der Waals surface area contributed by atoms with Crippen LogP contribution in [-0.2, 0) is 9.53 Å². The van der Waals surface area contributed by atoms with Crippen molar-refractivity contribution in [3.05, 3.63) is 24.3 Å². The maximum Gasteiger partial charge on any atom is 0.387 e. The second-order valence-corrected chi connectivity index (χ2v) is 4.22. The van der Waals surface area contributed by atoms with Crippen LogP contribution in [0, 0.1) is 0 Å². The number of carbonyl (C=O) groups excluding carboxylic acids is 1. The maximum atomic E-state index is 12.3. The molecule has 1 heterocycles. The topological polar surface area (TPSA) is 50.8 Å². The molecular formula is C13H16F2N2O3. The number of rotatable bonds is 5. The molecule has 1 aliphatic heterocycles. The van der Waals surface area contributed by atoms with Crippen molar-refractivity contribution in [3.63, 3.8) is 0 Å². The summed E-state index contributed by atoms with van der Waals surface area (Å²) in [6.07, 6.45) is 0. The number of hydrogen-bond acceptors (Lipinski definition) is 4. The van der Waals surface area contributed by atoms with Crippen LogP contribution in [0.2, 0.25) is 0 Å². The highest BCUT2D eigenvalue weighted by Gasteiger charge is 2.17. The summed E-state index contributed by atoms with van der Waals surface area (Å²) in [5, 5.41) is 2.83. The van der Waals surface area contributed by atoms with Crippen molar-refractivity contribution >= 4 is 11.6 Å². The van der Waals surface area contributed by atoms with Gasteiger partial charge < -0.3 is 19.7 Å². The zero-order valence-electron chi connectivity index (χ0n) is 10.9. The average molecular weight is 286 g/mol. The summed E-state index contributed by atoms with van der Waals surface area (Å²) in [6, 6.07) is 6.28. The first-order valence-corrected chi connectivity index (χ1v) is 6.30. The molecule has 1 aliphatic rings. The van der Waals surface area contributed by atoms with Gasteiger partial charge in [-0.3, -0.25) is 4.79 Å². The molecule has 0 bridgehead atoms. The second kappa shape index (κ2) is 7.04. The van der Waals surface area contributed by atoms with Crippen molar-refractivity contribution in [2.24, 2.45) is 0 Å². The van der Waals surface area contributed by atoms with E-state index < -0.39 is 6.61 Å². The van der Waals surface area contributed by atoms with E-state index in [-0.39, 0.29) is 18.2 Å². The first-order valence-electron chi connectivity index (χ1n) is 6.30. The first-order chi connectivity index (χ1) is 9.66. The Balaban J connectivity index is 1.91. The standard InChI is InChI=1S/C13H16F2N2O3/c14-13(15)20-11-4-2-1-3-10(11)16-9-12(18)17-5-7-19-8-6-17/h1-4,13,16H,5-9H2. The molecule has 110 valence electrons. The van der Waals surface area contributed by atoms with E-state index in [1.807, 2.05) is 0 Å². The van der Waals surface area contributed by atoms with Crippen molar-refractivity contribution in [2.75, 3.05) is 38.2 Å². The van der Waals surface area contributed by atoms with Crippen LogP contribution in [0.1, 0.15) is 0 Å². The molecule has 1 aromatic rings. The minimum Gasteiger partial charge on any atom is -0.433 e. The van der Waals surface area contributed by atoms with Gasteiger partial charge in [0.1, 0.15) is 5.75 Å². The lowest BCUT2D eigenvalue weighted by molar-refractivity contribution is -0.133. The fourth-order valence-electron chi connectivity index (χ4n) is 1.91. The maximum absolute atomic E-state index is 12.3. The molecular weight excluding hydrogens is 270 g/mol. The van der Waals surface area contributed by atoms with Gasteiger partial charge in [-0.1, -0.05) is 12.1 Å². The molecule has 1 saturated heterocycles. The monoisotopic (exact) mass is 286 g/mol. The van der Waals surface area contributed by atoms with Crippen molar-refractivity contribution < 1.29 is 23.0 Å². The molecule has 2 rings (SSSR count). The molecule has 1 N–H and O–H groups in total. The Hall–Kier alpha value is -1.89. The van der Waals surface area contributed by atoms with Crippen molar-refractivity contribution in [2.45, 2.75) is 6.61 Å². The van der Waals surface area contributed by atoms with E-state index in [1.54, 1.807) is 23.1 Å². The molecule has 0 atom stereocenters. The summed E-state index contributed by atoms with van der Waals surface area (Å²) in [6.45, 7) is -0.712. The first kappa shape index (κ1) is 14.5. The SMILES string of the molecule is O=C(CNc1ccccc1OC(F)F)N1CCOCC1. The van der Waals surface area contributed by atoms with Gasteiger partial charge in [0.05, 0.1) is 25.4 Å². The molecule has 0 saturated carbocycles. The van der Waals surface area contributed by atoms with Gasteiger partial charge in [0.25, 0.3) is 0 Å². The summed E-state index contributed by atoms with van der Waals surface area (Å²) in [7, 11) is 0. The molecule has 20 heavy (non-hydrogen) atoms. The highest BCUT2D eigenvalue weighted by molar-refractivity contribution is 5.81. The quantitative estimate of drug-likeness (QED) is 0.892. The molecule has 5 nitrogen and oxygen atoms in total. The fourth-order valence-corrected chi connectivity index (χ4v) is 1.91. The number of nitrogens with one attached hydrogen (secondary N) is 1. The Bertz CT molecular complexity index is 451. The average Bonchev–Trinajstić information content (AvgIpc) is 2.46. The number of amides is 1. The number of nitrogens with zero attached hydrogens (tertiary/aromatic N) is 1. The van der Waals surface area contributed by atoms with Gasteiger partial charge >= 0.3 is 6.61 Å². The van der Waals surface area contributed by atoms with Crippen molar-refractivity contribution in [1.82, 2.24) is 4.90 Å². The number of para-hydroxylation sites is 2. The van der Waals surface area contributed by atoms with E-state index in [0.717, 1.165) is 0 Å². The molecule has 1 fully saturated rings. The number of alkyl halides is 2. The predicted molar refractivity (Wildman–Crippen MR) is 69.0 cm³/mol. The van der Waals surface area contributed by atoms with Crippen LogP contribution in [0.4, 0.5) is 14.5 Å². The van der Waals surface area contributed by atoms with Gasteiger partial charge in [-0.25, -0.2) is 0 Å². The number of morpholine rings is 1. The number of ether oxygens (including phenoxy) is 2. The van der Waals surface area contributed by atoms with Gasteiger partial charge in [0.15, 0.2) is 0 Å². The molecule has 1 amide bonds. The highest BCUT2D eigenvalue weighted by atomic mass is 19.3. The van der Waals surface area contributed by atoms with Crippen LogP contribution in [0.25, 0.3) is 0 Å². The van der Waals surface area contributed by atoms with Gasteiger partial charge in [-0.15, -0.1) is 0 Å². The lowest BCUT2D eigenvalue weighted by Crippen LogP contribution is -2.43. The second-order valence-electron chi connectivity index (χ2n) is 4.22. The smallest absolute Gasteiger partial charge is 0.387 e. The van der Waals surface area contributed by atoms with Gasteiger partial charge in [-0.05, 0) is 12.1 Å². The zero-order chi connectivity index (χ0) is 14.4. The van der Waals surface area contributed by atoms with Crippen molar-refractivity contribution in [1.29, 1.82) is 0 Å². The summed E-state index contributed by atoms with van der Waals surface area (Å²) in [5.74, 6) is -0.0718. The molecule has 0 spiro atoms. The molecule has 0 unspecified atom stereocenters. The normalized spacial score (nSPS) is 15.2. The number of carbonyl (C=O) groups is 1.